The quantitative estimate of drug-likeness (QED) is 0.588. The molecule has 0 aromatic rings. The Labute approximate surface area is 69.5 Å². The van der Waals surface area contributed by atoms with Crippen LogP contribution in [0.1, 0.15) is 39.5 Å². The minimum absolute atomic E-state index is 0.365. The first kappa shape index (κ1) is 9.01. The Kier molecular flexibility index (Phi) is 2.90. The van der Waals surface area contributed by atoms with E-state index in [9.17, 15) is 0 Å². The highest BCUT2D eigenvalue weighted by Crippen LogP contribution is 2.33. The molecule has 0 heterocycles. The molecule has 2 heteroatoms. The van der Waals surface area contributed by atoms with Gasteiger partial charge in [0, 0.05) is 11.6 Å². The smallest absolute Gasteiger partial charge is 0.0154 e. The molecule has 66 valence electrons. The lowest BCUT2D eigenvalue weighted by Gasteiger charge is -2.11. The minimum Gasteiger partial charge on any atom is -0.328 e. The summed E-state index contributed by atoms with van der Waals surface area (Å²) in [5.41, 5.74) is 6.13. The molecule has 0 saturated heterocycles. The largest absolute Gasteiger partial charge is 0.328 e. The molecule has 1 unspecified atom stereocenters. The predicted molar refractivity (Wildman–Crippen MR) is 48.5 cm³/mol. The summed E-state index contributed by atoms with van der Waals surface area (Å²) in [6, 6.07) is 0.365. The topological polar surface area (TPSA) is 38.0 Å². The third-order valence-electron chi connectivity index (χ3n) is 2.39. The van der Waals surface area contributed by atoms with Gasteiger partial charge >= 0.3 is 0 Å². The maximum absolute atomic E-state index is 5.63. The summed E-state index contributed by atoms with van der Waals surface area (Å²) in [6.45, 7) is 5.50. The van der Waals surface area contributed by atoms with Crippen LogP contribution in [0.5, 0.6) is 0 Å². The fraction of sp³-hybridized carbons (Fsp3) is 1.00. The van der Waals surface area contributed by atoms with Gasteiger partial charge in [-0.25, -0.2) is 0 Å². The molecule has 0 spiro atoms. The number of rotatable bonds is 5. The average molecular weight is 156 g/mol. The van der Waals surface area contributed by atoms with Gasteiger partial charge in [0.1, 0.15) is 0 Å². The van der Waals surface area contributed by atoms with Gasteiger partial charge in [0.15, 0.2) is 0 Å². The second-order valence-electron chi connectivity index (χ2n) is 4.11. The van der Waals surface area contributed by atoms with Crippen LogP contribution in [0.25, 0.3) is 0 Å². The number of nitrogens with one attached hydrogen (secondary N) is 1. The number of nitrogens with two attached hydrogens (primary N) is 1. The van der Waals surface area contributed by atoms with E-state index in [1.165, 1.54) is 19.3 Å². The Morgan fingerprint density at radius 3 is 2.64 bits per heavy atom. The monoisotopic (exact) mass is 156 g/mol. The normalized spacial score (nSPS) is 23.2. The van der Waals surface area contributed by atoms with Gasteiger partial charge < -0.3 is 11.1 Å². The van der Waals surface area contributed by atoms with Crippen LogP contribution in [0.2, 0.25) is 0 Å². The summed E-state index contributed by atoms with van der Waals surface area (Å²) in [7, 11) is 0. The first-order chi connectivity index (χ1) is 5.12. The van der Waals surface area contributed by atoms with E-state index >= 15 is 0 Å². The van der Waals surface area contributed by atoms with Crippen LogP contribution in [0.4, 0.5) is 0 Å². The van der Waals surface area contributed by atoms with Crippen molar-refractivity contribution in [2.24, 2.45) is 5.73 Å². The first-order valence-electron chi connectivity index (χ1n) is 4.63. The Bertz CT molecular complexity index is 117. The van der Waals surface area contributed by atoms with E-state index in [-0.39, 0.29) is 0 Å². The molecule has 2 nitrogen and oxygen atoms in total. The maximum atomic E-state index is 5.63. The van der Waals surface area contributed by atoms with E-state index in [1.807, 2.05) is 0 Å². The molecule has 1 atom stereocenters. The van der Waals surface area contributed by atoms with Crippen LogP contribution in [0.3, 0.4) is 0 Å². The van der Waals surface area contributed by atoms with Gasteiger partial charge in [-0.1, -0.05) is 0 Å². The van der Waals surface area contributed by atoms with Crippen molar-refractivity contribution in [1.82, 2.24) is 5.32 Å². The Morgan fingerprint density at radius 1 is 1.55 bits per heavy atom. The molecule has 0 aromatic carbocycles. The summed E-state index contributed by atoms with van der Waals surface area (Å²) >= 11 is 0. The molecule has 1 fully saturated rings. The zero-order valence-electron chi connectivity index (χ0n) is 7.69. The number of hydrogen-bond donors (Lipinski definition) is 2. The van der Waals surface area contributed by atoms with E-state index in [2.05, 4.69) is 19.2 Å². The molecular formula is C9H20N2. The van der Waals surface area contributed by atoms with Gasteiger partial charge in [0.05, 0.1) is 0 Å². The molecule has 3 N–H and O–H groups in total. The van der Waals surface area contributed by atoms with Crippen LogP contribution in [-0.4, -0.2) is 18.1 Å². The molecule has 0 amide bonds. The summed E-state index contributed by atoms with van der Waals surface area (Å²) in [5.74, 6) is 0. The van der Waals surface area contributed by atoms with E-state index in [0.29, 0.717) is 11.6 Å². The maximum Gasteiger partial charge on any atom is 0.0154 e. The lowest BCUT2D eigenvalue weighted by atomic mass is 10.2. The molecular weight excluding hydrogens is 136 g/mol. The highest BCUT2D eigenvalue weighted by Gasteiger charge is 2.35. The standard InChI is InChI=1S/C9H20N2/c1-8(10)4-3-7-11-9(2)5-6-9/h8,11H,3-7,10H2,1-2H3. The summed E-state index contributed by atoms with van der Waals surface area (Å²) in [4.78, 5) is 0. The van der Waals surface area contributed by atoms with Gasteiger partial charge in [0.25, 0.3) is 0 Å². The molecule has 11 heavy (non-hydrogen) atoms. The van der Waals surface area contributed by atoms with E-state index in [1.54, 1.807) is 0 Å². The second-order valence-corrected chi connectivity index (χ2v) is 4.11. The van der Waals surface area contributed by atoms with Gasteiger partial charge in [-0.05, 0) is 46.1 Å². The summed E-state index contributed by atoms with van der Waals surface area (Å²) in [5, 5.41) is 3.53. The SMILES string of the molecule is CC(N)CCCNC1(C)CC1. The van der Waals surface area contributed by atoms with Crippen molar-refractivity contribution in [3.63, 3.8) is 0 Å². The van der Waals surface area contributed by atoms with Gasteiger partial charge in [0.2, 0.25) is 0 Å². The summed E-state index contributed by atoms with van der Waals surface area (Å²) < 4.78 is 0. The van der Waals surface area contributed by atoms with Gasteiger partial charge in [-0.2, -0.15) is 0 Å². The van der Waals surface area contributed by atoms with E-state index < -0.39 is 0 Å². The minimum atomic E-state index is 0.365. The van der Waals surface area contributed by atoms with Crippen LogP contribution in [0.15, 0.2) is 0 Å². The highest BCUT2D eigenvalue weighted by molar-refractivity contribution is 4.97. The van der Waals surface area contributed by atoms with Crippen LogP contribution >= 0.6 is 0 Å². The molecule has 0 aromatic heterocycles. The van der Waals surface area contributed by atoms with Crippen molar-refractivity contribution in [1.29, 1.82) is 0 Å². The summed E-state index contributed by atoms with van der Waals surface area (Å²) in [6.07, 6.45) is 5.06. The third-order valence-corrected chi connectivity index (χ3v) is 2.39. The Hall–Kier alpha value is -0.0800. The first-order valence-corrected chi connectivity index (χ1v) is 4.63. The van der Waals surface area contributed by atoms with Gasteiger partial charge in [-0.3, -0.25) is 0 Å². The molecule has 1 rings (SSSR count). The Balaban J connectivity index is 1.88. The molecule has 0 aliphatic heterocycles. The highest BCUT2D eigenvalue weighted by atomic mass is 15.0. The molecule has 1 aliphatic carbocycles. The fourth-order valence-electron chi connectivity index (χ4n) is 1.18. The predicted octanol–water partition coefficient (Wildman–Crippen LogP) is 1.26. The van der Waals surface area contributed by atoms with Crippen molar-refractivity contribution in [3.05, 3.63) is 0 Å². The van der Waals surface area contributed by atoms with Crippen LogP contribution in [0, 0.1) is 0 Å². The van der Waals surface area contributed by atoms with Crippen molar-refractivity contribution in [3.8, 4) is 0 Å². The van der Waals surface area contributed by atoms with Crippen molar-refractivity contribution in [2.75, 3.05) is 6.54 Å². The third kappa shape index (κ3) is 3.73. The fourth-order valence-corrected chi connectivity index (χ4v) is 1.18. The second kappa shape index (κ2) is 3.55. The average Bonchev–Trinajstić information content (AvgIpc) is 2.62. The molecule has 0 bridgehead atoms. The van der Waals surface area contributed by atoms with E-state index in [0.717, 1.165) is 13.0 Å². The van der Waals surface area contributed by atoms with Crippen molar-refractivity contribution >= 4 is 0 Å². The van der Waals surface area contributed by atoms with E-state index in [4.69, 9.17) is 5.73 Å². The van der Waals surface area contributed by atoms with Crippen molar-refractivity contribution < 1.29 is 0 Å². The van der Waals surface area contributed by atoms with Crippen LogP contribution < -0.4 is 11.1 Å². The number of hydrogen-bond acceptors (Lipinski definition) is 2. The lowest BCUT2D eigenvalue weighted by molar-refractivity contribution is 0.502. The molecule has 0 radical (unpaired) electrons. The van der Waals surface area contributed by atoms with Crippen LogP contribution in [-0.2, 0) is 0 Å². The zero-order valence-corrected chi connectivity index (χ0v) is 7.69. The molecule has 1 aliphatic rings. The molecule has 1 saturated carbocycles. The Morgan fingerprint density at radius 2 is 2.18 bits per heavy atom. The zero-order chi connectivity index (χ0) is 8.32. The van der Waals surface area contributed by atoms with Crippen molar-refractivity contribution in [2.45, 2.75) is 51.1 Å². The lowest BCUT2D eigenvalue weighted by Crippen LogP contribution is -2.29. The van der Waals surface area contributed by atoms with Gasteiger partial charge in [-0.15, -0.1) is 0 Å².